The van der Waals surface area contributed by atoms with Gasteiger partial charge in [0.1, 0.15) is 11.6 Å². The third-order valence-electron chi connectivity index (χ3n) is 2.79. The zero-order chi connectivity index (χ0) is 13.9. The van der Waals surface area contributed by atoms with E-state index in [0.29, 0.717) is 11.7 Å². The van der Waals surface area contributed by atoms with Gasteiger partial charge in [-0.3, -0.25) is 0 Å². The number of nitrogen functional groups attached to an aromatic ring is 1. The van der Waals surface area contributed by atoms with Gasteiger partial charge in [0.25, 0.3) is 0 Å². The van der Waals surface area contributed by atoms with Crippen molar-refractivity contribution in [2.45, 2.75) is 26.2 Å². The standard InChI is InChI=1S/C15H19N3O/c1-15(2,3)11-6-4-7-12(10-11)19-14-9-5-8-13(17-14)18-16/h4-10H,16H2,1-3H3,(H,17,18). The van der Waals surface area contributed by atoms with Crippen LogP contribution in [0.4, 0.5) is 5.82 Å². The van der Waals surface area contributed by atoms with E-state index in [1.807, 2.05) is 24.3 Å². The lowest BCUT2D eigenvalue weighted by Crippen LogP contribution is -2.10. The Kier molecular flexibility index (Phi) is 3.71. The Hall–Kier alpha value is -2.07. The number of nitrogens with two attached hydrogens (primary N) is 1. The molecular formula is C15H19N3O. The van der Waals surface area contributed by atoms with Crippen LogP contribution in [0.15, 0.2) is 42.5 Å². The van der Waals surface area contributed by atoms with Crippen molar-refractivity contribution >= 4 is 5.82 Å². The molecule has 0 bridgehead atoms. The number of benzene rings is 1. The summed E-state index contributed by atoms with van der Waals surface area (Å²) in [7, 11) is 0. The molecule has 0 atom stereocenters. The molecule has 100 valence electrons. The van der Waals surface area contributed by atoms with Gasteiger partial charge in [0.05, 0.1) is 0 Å². The summed E-state index contributed by atoms with van der Waals surface area (Å²) in [5.74, 6) is 7.19. The number of anilines is 1. The van der Waals surface area contributed by atoms with Gasteiger partial charge in [-0.15, -0.1) is 0 Å². The second-order valence-corrected chi connectivity index (χ2v) is 5.39. The zero-order valence-electron chi connectivity index (χ0n) is 11.5. The van der Waals surface area contributed by atoms with Crippen LogP contribution in [-0.4, -0.2) is 4.98 Å². The highest BCUT2D eigenvalue weighted by Crippen LogP contribution is 2.28. The maximum atomic E-state index is 5.75. The van der Waals surface area contributed by atoms with Gasteiger partial charge in [0, 0.05) is 6.07 Å². The van der Waals surface area contributed by atoms with E-state index in [9.17, 15) is 0 Å². The fraction of sp³-hybridized carbons (Fsp3) is 0.267. The van der Waals surface area contributed by atoms with Crippen LogP contribution in [-0.2, 0) is 5.41 Å². The smallest absolute Gasteiger partial charge is 0.221 e. The lowest BCUT2D eigenvalue weighted by atomic mass is 9.87. The Balaban J connectivity index is 2.23. The van der Waals surface area contributed by atoms with E-state index in [-0.39, 0.29) is 5.41 Å². The molecule has 4 heteroatoms. The fourth-order valence-electron chi connectivity index (χ4n) is 1.70. The van der Waals surface area contributed by atoms with Crippen molar-refractivity contribution in [2.24, 2.45) is 5.84 Å². The summed E-state index contributed by atoms with van der Waals surface area (Å²) >= 11 is 0. The van der Waals surface area contributed by atoms with E-state index in [2.05, 4.69) is 37.2 Å². The number of aromatic nitrogens is 1. The van der Waals surface area contributed by atoms with Crippen molar-refractivity contribution in [1.29, 1.82) is 0 Å². The van der Waals surface area contributed by atoms with E-state index in [0.717, 1.165) is 5.75 Å². The van der Waals surface area contributed by atoms with Crippen LogP contribution < -0.4 is 16.0 Å². The van der Waals surface area contributed by atoms with E-state index in [4.69, 9.17) is 10.6 Å². The van der Waals surface area contributed by atoms with Gasteiger partial charge in [-0.2, -0.15) is 4.98 Å². The first-order chi connectivity index (χ1) is 8.99. The SMILES string of the molecule is CC(C)(C)c1cccc(Oc2cccc(NN)n2)c1. The maximum absolute atomic E-state index is 5.75. The number of nitrogens with zero attached hydrogens (tertiary/aromatic N) is 1. The predicted molar refractivity (Wildman–Crippen MR) is 77.3 cm³/mol. The third-order valence-corrected chi connectivity index (χ3v) is 2.79. The normalized spacial score (nSPS) is 11.2. The summed E-state index contributed by atoms with van der Waals surface area (Å²) in [6.07, 6.45) is 0. The Bertz CT molecular complexity index is 561. The van der Waals surface area contributed by atoms with Crippen LogP contribution in [0.1, 0.15) is 26.3 Å². The molecule has 0 saturated heterocycles. The average Bonchev–Trinajstić information content (AvgIpc) is 2.38. The van der Waals surface area contributed by atoms with Gasteiger partial charge in [0.2, 0.25) is 5.88 Å². The molecule has 0 spiro atoms. The quantitative estimate of drug-likeness (QED) is 0.653. The number of nitrogens with one attached hydrogen (secondary N) is 1. The van der Waals surface area contributed by atoms with Crippen molar-refractivity contribution in [3.8, 4) is 11.6 Å². The number of hydrazine groups is 1. The van der Waals surface area contributed by atoms with Crippen LogP contribution in [0.2, 0.25) is 0 Å². The van der Waals surface area contributed by atoms with Crippen LogP contribution in [0.5, 0.6) is 11.6 Å². The van der Waals surface area contributed by atoms with Gasteiger partial charge >= 0.3 is 0 Å². The average molecular weight is 257 g/mol. The topological polar surface area (TPSA) is 60.2 Å². The molecular weight excluding hydrogens is 238 g/mol. The predicted octanol–water partition coefficient (Wildman–Crippen LogP) is 3.46. The minimum atomic E-state index is 0.0907. The van der Waals surface area contributed by atoms with Crippen LogP contribution in [0, 0.1) is 0 Å². The van der Waals surface area contributed by atoms with Gasteiger partial charge in [-0.25, -0.2) is 5.84 Å². The molecule has 0 saturated carbocycles. The summed E-state index contributed by atoms with van der Waals surface area (Å²) in [4.78, 5) is 4.22. The lowest BCUT2D eigenvalue weighted by Gasteiger charge is -2.19. The molecule has 0 unspecified atom stereocenters. The third kappa shape index (κ3) is 3.45. The molecule has 0 amide bonds. The molecule has 0 aliphatic heterocycles. The molecule has 1 heterocycles. The van der Waals surface area contributed by atoms with Crippen molar-refractivity contribution in [1.82, 2.24) is 4.98 Å². The van der Waals surface area contributed by atoms with Crippen LogP contribution in [0.3, 0.4) is 0 Å². The zero-order valence-corrected chi connectivity index (χ0v) is 11.5. The van der Waals surface area contributed by atoms with Crippen molar-refractivity contribution in [3.63, 3.8) is 0 Å². The molecule has 0 radical (unpaired) electrons. The molecule has 19 heavy (non-hydrogen) atoms. The Morgan fingerprint density at radius 1 is 1.11 bits per heavy atom. The number of hydrogen-bond donors (Lipinski definition) is 2. The number of ether oxygens (including phenoxy) is 1. The Labute approximate surface area is 113 Å². The van der Waals surface area contributed by atoms with E-state index >= 15 is 0 Å². The number of rotatable bonds is 3. The molecule has 0 aliphatic carbocycles. The summed E-state index contributed by atoms with van der Waals surface area (Å²) in [6, 6.07) is 13.4. The van der Waals surface area contributed by atoms with Gasteiger partial charge in [0.15, 0.2) is 0 Å². The molecule has 3 N–H and O–H groups in total. The van der Waals surface area contributed by atoms with Gasteiger partial charge in [-0.1, -0.05) is 39.0 Å². The minimum absolute atomic E-state index is 0.0907. The van der Waals surface area contributed by atoms with Crippen LogP contribution >= 0.6 is 0 Å². The summed E-state index contributed by atoms with van der Waals surface area (Å²) < 4.78 is 5.75. The fourth-order valence-corrected chi connectivity index (χ4v) is 1.70. The van der Waals surface area contributed by atoms with Crippen molar-refractivity contribution in [2.75, 3.05) is 5.43 Å². The molecule has 0 fully saturated rings. The number of pyridine rings is 1. The van der Waals surface area contributed by atoms with Crippen LogP contribution in [0.25, 0.3) is 0 Å². The van der Waals surface area contributed by atoms with Crippen molar-refractivity contribution in [3.05, 3.63) is 48.0 Å². The first kappa shape index (κ1) is 13.4. The lowest BCUT2D eigenvalue weighted by molar-refractivity contribution is 0.460. The molecule has 1 aromatic heterocycles. The monoisotopic (exact) mass is 257 g/mol. The second kappa shape index (κ2) is 5.28. The van der Waals surface area contributed by atoms with Gasteiger partial charge in [-0.05, 0) is 29.2 Å². The minimum Gasteiger partial charge on any atom is -0.439 e. The molecule has 2 rings (SSSR count). The Morgan fingerprint density at radius 2 is 1.84 bits per heavy atom. The van der Waals surface area contributed by atoms with Gasteiger partial charge < -0.3 is 10.2 Å². The van der Waals surface area contributed by atoms with E-state index < -0.39 is 0 Å². The summed E-state index contributed by atoms with van der Waals surface area (Å²) in [5, 5.41) is 0. The molecule has 2 aromatic rings. The molecule has 1 aromatic carbocycles. The first-order valence-electron chi connectivity index (χ1n) is 6.21. The Morgan fingerprint density at radius 3 is 2.53 bits per heavy atom. The number of hydrogen-bond acceptors (Lipinski definition) is 4. The van der Waals surface area contributed by atoms with Crippen molar-refractivity contribution < 1.29 is 4.74 Å². The maximum Gasteiger partial charge on any atom is 0.221 e. The van der Waals surface area contributed by atoms with E-state index in [1.165, 1.54) is 5.56 Å². The second-order valence-electron chi connectivity index (χ2n) is 5.39. The largest absolute Gasteiger partial charge is 0.439 e. The molecule has 4 nitrogen and oxygen atoms in total. The summed E-state index contributed by atoms with van der Waals surface area (Å²) in [5.41, 5.74) is 3.81. The highest BCUT2D eigenvalue weighted by Gasteiger charge is 2.14. The van der Waals surface area contributed by atoms with E-state index in [1.54, 1.807) is 12.1 Å². The first-order valence-corrected chi connectivity index (χ1v) is 6.21. The highest BCUT2D eigenvalue weighted by molar-refractivity contribution is 5.38. The summed E-state index contributed by atoms with van der Waals surface area (Å²) in [6.45, 7) is 6.51. The molecule has 0 aliphatic rings. The highest BCUT2D eigenvalue weighted by atomic mass is 16.5.